The Hall–Kier alpha value is -2.43. The second-order valence-electron chi connectivity index (χ2n) is 3.90. The van der Waals surface area contributed by atoms with Gasteiger partial charge in [0, 0.05) is 26.2 Å². The number of hydrogen-bond acceptors (Lipinski definition) is 3. The Morgan fingerprint density at radius 1 is 0.650 bits per heavy atom. The molecule has 2 amide bonds. The predicted molar refractivity (Wildman–Crippen MR) is 79.0 cm³/mol. The van der Waals surface area contributed by atoms with Crippen molar-refractivity contribution in [1.82, 2.24) is 9.80 Å². The van der Waals surface area contributed by atoms with Gasteiger partial charge in [-0.05, 0) is 0 Å². The van der Waals surface area contributed by atoms with E-state index in [1.165, 1.54) is 34.1 Å². The topological polar surface area (TPSA) is 57.7 Å². The lowest BCUT2D eigenvalue weighted by molar-refractivity contribution is -0.153. The molecular weight excluding hydrogens is 256 g/mol. The van der Waals surface area contributed by atoms with E-state index in [2.05, 4.69) is 26.3 Å². The first-order chi connectivity index (χ1) is 9.53. The van der Waals surface area contributed by atoms with Gasteiger partial charge in [0.05, 0.1) is 0 Å². The summed E-state index contributed by atoms with van der Waals surface area (Å²) in [5, 5.41) is 0. The summed E-state index contributed by atoms with van der Waals surface area (Å²) in [4.78, 5) is 38.2. The zero-order valence-electron chi connectivity index (χ0n) is 11.6. The Morgan fingerprint density at radius 2 is 0.900 bits per heavy atom. The molecule has 0 aliphatic rings. The van der Waals surface area contributed by atoms with Crippen LogP contribution in [0.3, 0.4) is 0 Å². The SMILES string of the molecule is C=CCN(CC=C)C(=O)C(=O)C(=O)N(CC=C)CC=C. The van der Waals surface area contributed by atoms with Crippen molar-refractivity contribution in [2.45, 2.75) is 0 Å². The second kappa shape index (κ2) is 9.49. The first-order valence-electron chi connectivity index (χ1n) is 6.09. The van der Waals surface area contributed by atoms with Crippen LogP contribution in [0.2, 0.25) is 0 Å². The third kappa shape index (κ3) is 5.06. The van der Waals surface area contributed by atoms with Gasteiger partial charge in [0.25, 0.3) is 0 Å². The first-order valence-corrected chi connectivity index (χ1v) is 6.09. The maximum Gasteiger partial charge on any atom is 0.307 e. The van der Waals surface area contributed by atoms with Crippen molar-refractivity contribution in [3.8, 4) is 0 Å². The van der Waals surface area contributed by atoms with E-state index in [9.17, 15) is 14.4 Å². The highest BCUT2D eigenvalue weighted by Crippen LogP contribution is 1.98. The van der Waals surface area contributed by atoms with Crippen molar-refractivity contribution < 1.29 is 14.4 Å². The fourth-order valence-electron chi connectivity index (χ4n) is 1.48. The molecule has 0 aliphatic heterocycles. The van der Waals surface area contributed by atoms with Crippen molar-refractivity contribution >= 4 is 17.6 Å². The molecule has 0 rings (SSSR count). The first kappa shape index (κ1) is 17.6. The molecule has 0 saturated carbocycles. The van der Waals surface area contributed by atoms with E-state index in [0.29, 0.717) is 0 Å². The quantitative estimate of drug-likeness (QED) is 0.339. The van der Waals surface area contributed by atoms with E-state index < -0.39 is 17.6 Å². The van der Waals surface area contributed by atoms with E-state index in [1.54, 1.807) is 0 Å². The molecule has 0 fully saturated rings. The van der Waals surface area contributed by atoms with Crippen LogP contribution < -0.4 is 0 Å². The molecule has 0 radical (unpaired) electrons. The Kier molecular flexibility index (Phi) is 8.34. The molecule has 0 aliphatic carbocycles. The highest BCUT2D eigenvalue weighted by molar-refractivity contribution is 6.62. The minimum atomic E-state index is -1.09. The van der Waals surface area contributed by atoms with Gasteiger partial charge >= 0.3 is 17.6 Å². The number of hydrogen-bond donors (Lipinski definition) is 0. The number of Topliss-reactive ketones (excluding diaryl/α,β-unsaturated/α-hetero) is 1. The Labute approximate surface area is 119 Å². The Balaban J connectivity index is 4.99. The molecule has 0 atom stereocenters. The van der Waals surface area contributed by atoms with Crippen LogP contribution in [0.4, 0.5) is 0 Å². The van der Waals surface area contributed by atoms with Crippen molar-refractivity contribution in [3.63, 3.8) is 0 Å². The maximum atomic E-state index is 12.0. The van der Waals surface area contributed by atoms with Crippen molar-refractivity contribution in [3.05, 3.63) is 50.6 Å². The average molecular weight is 276 g/mol. The van der Waals surface area contributed by atoms with Gasteiger partial charge in [0.2, 0.25) is 0 Å². The average Bonchev–Trinajstić information content (AvgIpc) is 2.44. The maximum absolute atomic E-state index is 12.0. The number of ketones is 1. The Bertz CT molecular complexity index is 369. The number of rotatable bonds is 10. The molecule has 0 unspecified atom stereocenters. The van der Waals surface area contributed by atoms with Crippen molar-refractivity contribution in [2.24, 2.45) is 0 Å². The largest absolute Gasteiger partial charge is 0.328 e. The van der Waals surface area contributed by atoms with Crippen LogP contribution in [0.5, 0.6) is 0 Å². The molecule has 0 saturated heterocycles. The molecular formula is C15H20N2O3. The summed E-state index contributed by atoms with van der Waals surface area (Å²) in [5.74, 6) is -2.82. The van der Waals surface area contributed by atoms with Gasteiger partial charge in [-0.3, -0.25) is 14.4 Å². The number of nitrogens with zero attached hydrogens (tertiary/aromatic N) is 2. The van der Waals surface area contributed by atoms with Gasteiger partial charge < -0.3 is 9.80 Å². The lowest BCUT2D eigenvalue weighted by atomic mass is 10.2. The fraction of sp³-hybridized carbons (Fsp3) is 0.267. The van der Waals surface area contributed by atoms with Gasteiger partial charge in [0.15, 0.2) is 0 Å². The lowest BCUT2D eigenvalue weighted by Crippen LogP contribution is -2.46. The molecule has 5 heteroatoms. The standard InChI is InChI=1S/C15H20N2O3/c1-5-9-16(10-6-2)14(19)13(18)15(20)17(11-7-3)12-8-4/h5-8H,1-4,9-12H2. The molecule has 0 heterocycles. The minimum Gasteiger partial charge on any atom is -0.328 e. The van der Waals surface area contributed by atoms with Crippen LogP contribution in [-0.4, -0.2) is 53.6 Å². The van der Waals surface area contributed by atoms with Gasteiger partial charge in [-0.1, -0.05) is 24.3 Å². The number of carbonyl (C=O) groups excluding carboxylic acids is 3. The third-order valence-corrected chi connectivity index (χ3v) is 2.36. The molecule has 108 valence electrons. The summed E-state index contributed by atoms with van der Waals surface area (Å²) in [6.07, 6.45) is 5.91. The summed E-state index contributed by atoms with van der Waals surface area (Å²) >= 11 is 0. The van der Waals surface area contributed by atoms with Crippen LogP contribution in [-0.2, 0) is 14.4 Å². The minimum absolute atomic E-state index is 0.173. The molecule has 0 aromatic heterocycles. The van der Waals surface area contributed by atoms with E-state index >= 15 is 0 Å². The van der Waals surface area contributed by atoms with Crippen LogP contribution >= 0.6 is 0 Å². The summed E-state index contributed by atoms with van der Waals surface area (Å²) in [6, 6.07) is 0. The predicted octanol–water partition coefficient (Wildman–Crippen LogP) is 0.957. The third-order valence-electron chi connectivity index (χ3n) is 2.36. The van der Waals surface area contributed by atoms with E-state index in [-0.39, 0.29) is 26.2 Å². The van der Waals surface area contributed by atoms with Gasteiger partial charge in [-0.2, -0.15) is 0 Å². The molecule has 0 bridgehead atoms. The van der Waals surface area contributed by atoms with Gasteiger partial charge in [-0.25, -0.2) is 0 Å². The second-order valence-corrected chi connectivity index (χ2v) is 3.90. The van der Waals surface area contributed by atoms with Crippen LogP contribution in [0, 0.1) is 0 Å². The van der Waals surface area contributed by atoms with Gasteiger partial charge in [0.1, 0.15) is 0 Å². The zero-order valence-corrected chi connectivity index (χ0v) is 11.6. The Morgan fingerprint density at radius 3 is 1.10 bits per heavy atom. The molecule has 0 aromatic rings. The summed E-state index contributed by atoms with van der Waals surface area (Å²) in [5.41, 5.74) is 0. The van der Waals surface area contributed by atoms with Crippen LogP contribution in [0.15, 0.2) is 50.6 Å². The highest BCUT2D eigenvalue weighted by atomic mass is 16.2. The summed E-state index contributed by atoms with van der Waals surface area (Å²) in [6.45, 7) is 14.7. The molecule has 0 aromatic carbocycles. The summed E-state index contributed by atoms with van der Waals surface area (Å²) < 4.78 is 0. The molecule has 0 spiro atoms. The van der Waals surface area contributed by atoms with Crippen LogP contribution in [0.25, 0.3) is 0 Å². The number of amides is 2. The molecule has 0 N–H and O–H groups in total. The van der Waals surface area contributed by atoms with E-state index in [1.807, 2.05) is 0 Å². The van der Waals surface area contributed by atoms with Crippen molar-refractivity contribution in [1.29, 1.82) is 0 Å². The zero-order chi connectivity index (χ0) is 15.5. The van der Waals surface area contributed by atoms with Gasteiger partial charge in [-0.15, -0.1) is 26.3 Å². The van der Waals surface area contributed by atoms with Crippen molar-refractivity contribution in [2.75, 3.05) is 26.2 Å². The van der Waals surface area contributed by atoms with Crippen LogP contribution in [0.1, 0.15) is 0 Å². The summed E-state index contributed by atoms with van der Waals surface area (Å²) in [7, 11) is 0. The molecule has 20 heavy (non-hydrogen) atoms. The lowest BCUT2D eigenvalue weighted by Gasteiger charge is -2.21. The highest BCUT2D eigenvalue weighted by Gasteiger charge is 2.30. The normalized spacial score (nSPS) is 9.20. The monoisotopic (exact) mass is 276 g/mol. The van der Waals surface area contributed by atoms with E-state index in [4.69, 9.17) is 0 Å². The smallest absolute Gasteiger partial charge is 0.307 e. The number of carbonyl (C=O) groups is 3. The fourth-order valence-corrected chi connectivity index (χ4v) is 1.48. The van der Waals surface area contributed by atoms with E-state index in [0.717, 1.165) is 0 Å². The molecule has 5 nitrogen and oxygen atoms in total.